The van der Waals surface area contributed by atoms with Gasteiger partial charge in [0, 0.05) is 24.4 Å². The van der Waals surface area contributed by atoms with Crippen LogP contribution in [0.1, 0.15) is 13.8 Å². The molecule has 1 amide bonds. The third kappa shape index (κ3) is 5.93. The predicted molar refractivity (Wildman–Crippen MR) is 53.8 cm³/mol. The molecular weight excluding hydrogens is 166 g/mol. The molecule has 13 heavy (non-hydrogen) atoms. The molecule has 74 valence electrons. The van der Waals surface area contributed by atoms with Gasteiger partial charge in [0.15, 0.2) is 0 Å². The number of nitrogens with one attached hydrogen (secondary N) is 1. The van der Waals surface area contributed by atoms with E-state index in [9.17, 15) is 4.79 Å². The van der Waals surface area contributed by atoms with Gasteiger partial charge < -0.3 is 16.8 Å². The van der Waals surface area contributed by atoms with Crippen molar-refractivity contribution in [1.29, 1.82) is 0 Å². The first-order valence-electron chi connectivity index (χ1n) is 4.17. The topological polar surface area (TPSA) is 81.1 Å². The zero-order valence-corrected chi connectivity index (χ0v) is 8.13. The van der Waals surface area contributed by atoms with Crippen molar-refractivity contribution in [1.82, 2.24) is 5.32 Å². The van der Waals surface area contributed by atoms with Gasteiger partial charge in [0.1, 0.15) is 0 Å². The van der Waals surface area contributed by atoms with Gasteiger partial charge in [-0.25, -0.2) is 0 Å². The van der Waals surface area contributed by atoms with Crippen LogP contribution < -0.4 is 16.8 Å². The van der Waals surface area contributed by atoms with Crippen LogP contribution in [0.4, 0.5) is 0 Å². The molecule has 0 rings (SSSR count). The summed E-state index contributed by atoms with van der Waals surface area (Å²) in [6.45, 7) is 4.44. The lowest BCUT2D eigenvalue weighted by Gasteiger charge is -2.01. The number of amides is 1. The van der Waals surface area contributed by atoms with Crippen LogP contribution >= 0.6 is 0 Å². The fourth-order valence-corrected chi connectivity index (χ4v) is 0.657. The monoisotopic (exact) mass is 183 g/mol. The minimum Gasteiger partial charge on any atom is -0.402 e. The molecule has 0 bridgehead atoms. The molecule has 0 aliphatic rings. The second-order valence-corrected chi connectivity index (χ2v) is 2.80. The Balaban J connectivity index is 4.09. The summed E-state index contributed by atoms with van der Waals surface area (Å²) >= 11 is 0. The van der Waals surface area contributed by atoms with Crippen molar-refractivity contribution in [2.24, 2.45) is 11.5 Å². The molecule has 0 spiro atoms. The summed E-state index contributed by atoms with van der Waals surface area (Å²) in [6.07, 6.45) is 3.37. The summed E-state index contributed by atoms with van der Waals surface area (Å²) in [5.74, 6) is -0.108. The minimum absolute atomic E-state index is 0.108. The fraction of sp³-hybridized carbons (Fsp3) is 0.444. The Hall–Kier alpha value is -1.29. The van der Waals surface area contributed by atoms with Gasteiger partial charge in [0.2, 0.25) is 5.91 Å². The quantitative estimate of drug-likeness (QED) is 0.419. The summed E-state index contributed by atoms with van der Waals surface area (Å²) in [4.78, 5) is 11.2. The Morgan fingerprint density at radius 3 is 2.46 bits per heavy atom. The highest BCUT2D eigenvalue weighted by Crippen LogP contribution is 1.93. The van der Waals surface area contributed by atoms with Crippen molar-refractivity contribution in [3.63, 3.8) is 0 Å². The molecule has 0 saturated carbocycles. The third-order valence-electron chi connectivity index (χ3n) is 1.38. The van der Waals surface area contributed by atoms with Crippen molar-refractivity contribution in [3.05, 3.63) is 23.4 Å². The molecule has 4 heteroatoms. The molecule has 5 N–H and O–H groups in total. The molecule has 0 aromatic carbocycles. The highest BCUT2D eigenvalue weighted by Gasteiger charge is 2.00. The van der Waals surface area contributed by atoms with E-state index in [1.165, 1.54) is 0 Å². The largest absolute Gasteiger partial charge is 0.402 e. The SMILES string of the molecule is C/C(N)=C\C=C(/C)C(=O)NCCN. The summed E-state index contributed by atoms with van der Waals surface area (Å²) in [6, 6.07) is 0. The summed E-state index contributed by atoms with van der Waals surface area (Å²) < 4.78 is 0. The smallest absolute Gasteiger partial charge is 0.246 e. The number of carbonyl (C=O) groups is 1. The Bertz CT molecular complexity index is 227. The first-order chi connectivity index (χ1) is 6.07. The molecule has 0 aromatic rings. The molecule has 4 nitrogen and oxygen atoms in total. The van der Waals surface area contributed by atoms with E-state index in [0.29, 0.717) is 24.4 Å². The molecule has 0 aliphatic carbocycles. The van der Waals surface area contributed by atoms with Gasteiger partial charge in [-0.05, 0) is 19.9 Å². The van der Waals surface area contributed by atoms with E-state index in [2.05, 4.69) is 5.32 Å². The van der Waals surface area contributed by atoms with E-state index < -0.39 is 0 Å². The normalized spacial score (nSPS) is 12.8. The fourth-order valence-electron chi connectivity index (χ4n) is 0.657. The van der Waals surface area contributed by atoms with Gasteiger partial charge in [0.25, 0.3) is 0 Å². The highest BCUT2D eigenvalue weighted by molar-refractivity contribution is 5.93. The van der Waals surface area contributed by atoms with E-state index in [-0.39, 0.29) is 5.91 Å². The molecule has 0 heterocycles. The van der Waals surface area contributed by atoms with Crippen LogP contribution in [-0.2, 0) is 4.79 Å². The second-order valence-electron chi connectivity index (χ2n) is 2.80. The molecule has 0 saturated heterocycles. The highest BCUT2D eigenvalue weighted by atomic mass is 16.1. The van der Waals surface area contributed by atoms with E-state index >= 15 is 0 Å². The van der Waals surface area contributed by atoms with Gasteiger partial charge in [-0.3, -0.25) is 4.79 Å². The van der Waals surface area contributed by atoms with Crippen molar-refractivity contribution in [2.75, 3.05) is 13.1 Å². The van der Waals surface area contributed by atoms with Crippen LogP contribution in [0.15, 0.2) is 23.4 Å². The van der Waals surface area contributed by atoms with Crippen molar-refractivity contribution >= 4 is 5.91 Å². The molecule has 0 radical (unpaired) electrons. The van der Waals surface area contributed by atoms with Gasteiger partial charge >= 0.3 is 0 Å². The Kier molecular flexibility index (Phi) is 5.63. The van der Waals surface area contributed by atoms with Gasteiger partial charge in [-0.15, -0.1) is 0 Å². The molecule has 0 fully saturated rings. The van der Waals surface area contributed by atoms with Crippen molar-refractivity contribution < 1.29 is 4.79 Å². The van der Waals surface area contributed by atoms with Crippen molar-refractivity contribution in [3.8, 4) is 0 Å². The molecule has 0 atom stereocenters. The molecule has 0 unspecified atom stereocenters. The van der Waals surface area contributed by atoms with Crippen LogP contribution in [0.5, 0.6) is 0 Å². The first kappa shape index (κ1) is 11.7. The summed E-state index contributed by atoms with van der Waals surface area (Å²) in [7, 11) is 0. The maximum atomic E-state index is 11.2. The third-order valence-corrected chi connectivity index (χ3v) is 1.38. The average Bonchev–Trinajstić information content (AvgIpc) is 2.10. The van der Waals surface area contributed by atoms with Crippen molar-refractivity contribution in [2.45, 2.75) is 13.8 Å². The van der Waals surface area contributed by atoms with Crippen LogP contribution in [-0.4, -0.2) is 19.0 Å². The van der Waals surface area contributed by atoms with E-state index in [1.807, 2.05) is 0 Å². The Morgan fingerprint density at radius 1 is 1.38 bits per heavy atom. The first-order valence-corrected chi connectivity index (χ1v) is 4.17. The number of hydrogen-bond acceptors (Lipinski definition) is 3. The Labute approximate surface area is 78.7 Å². The lowest BCUT2D eigenvalue weighted by Crippen LogP contribution is -2.29. The van der Waals surface area contributed by atoms with Gasteiger partial charge in [0.05, 0.1) is 0 Å². The molecule has 0 aromatic heterocycles. The standard InChI is InChI=1S/C9H17N3O/c1-7(3-4-8(2)11)9(13)12-6-5-10/h3-4H,5-6,10-11H2,1-2H3,(H,12,13)/b7-3+,8-4+. The summed E-state index contributed by atoms with van der Waals surface area (Å²) in [5, 5.41) is 2.65. The van der Waals surface area contributed by atoms with Crippen LogP contribution in [0.25, 0.3) is 0 Å². The number of rotatable bonds is 4. The number of carbonyl (C=O) groups excluding carboxylic acids is 1. The van der Waals surface area contributed by atoms with Gasteiger partial charge in [-0.1, -0.05) is 6.08 Å². The minimum atomic E-state index is -0.108. The van der Waals surface area contributed by atoms with E-state index in [1.54, 1.807) is 26.0 Å². The van der Waals surface area contributed by atoms with E-state index in [0.717, 1.165) is 0 Å². The van der Waals surface area contributed by atoms with Gasteiger partial charge in [-0.2, -0.15) is 0 Å². The maximum Gasteiger partial charge on any atom is 0.246 e. The maximum absolute atomic E-state index is 11.2. The number of nitrogens with two attached hydrogens (primary N) is 2. The van der Waals surface area contributed by atoms with E-state index in [4.69, 9.17) is 11.5 Å². The van der Waals surface area contributed by atoms with Crippen LogP contribution in [0.3, 0.4) is 0 Å². The van der Waals surface area contributed by atoms with Crippen LogP contribution in [0.2, 0.25) is 0 Å². The lowest BCUT2D eigenvalue weighted by molar-refractivity contribution is -0.117. The average molecular weight is 183 g/mol. The lowest BCUT2D eigenvalue weighted by atomic mass is 10.2. The molecular formula is C9H17N3O. The Morgan fingerprint density at radius 2 is 2.00 bits per heavy atom. The molecule has 0 aliphatic heterocycles. The van der Waals surface area contributed by atoms with Crippen LogP contribution in [0, 0.1) is 0 Å². The zero-order valence-electron chi connectivity index (χ0n) is 8.13. The second kappa shape index (κ2) is 6.25. The predicted octanol–water partition coefficient (Wildman–Crippen LogP) is -0.130. The zero-order chi connectivity index (χ0) is 10.3. The number of allylic oxidation sites excluding steroid dienone is 3. The number of hydrogen-bond donors (Lipinski definition) is 3. The summed E-state index contributed by atoms with van der Waals surface area (Å²) in [5.41, 5.74) is 11.9.